The number of ether oxygens (including phenoxy) is 1. The van der Waals surface area contributed by atoms with Crippen LogP contribution in [-0.4, -0.2) is 5.11 Å². The predicted molar refractivity (Wildman–Crippen MR) is 85.1 cm³/mol. The molecule has 0 amide bonds. The maximum absolute atomic E-state index is 13.2. The number of phenols is 1. The normalized spacial score (nSPS) is 10.0. The van der Waals surface area contributed by atoms with Gasteiger partial charge in [-0.05, 0) is 29.8 Å². The van der Waals surface area contributed by atoms with E-state index in [9.17, 15) is 22.0 Å². The molecule has 0 saturated heterocycles. The summed E-state index contributed by atoms with van der Waals surface area (Å²) in [6, 6.07) is 11.2. The highest BCUT2D eigenvalue weighted by molar-refractivity contribution is 5.25. The molecule has 0 saturated carbocycles. The average molecular weight is 368 g/mol. The fourth-order valence-electron chi connectivity index (χ4n) is 1.92. The Balaban J connectivity index is 0.000000228. The first-order valence-electron chi connectivity index (χ1n) is 7.31. The zero-order chi connectivity index (χ0) is 19.1. The van der Waals surface area contributed by atoms with Crippen LogP contribution in [0.25, 0.3) is 0 Å². The second-order valence-corrected chi connectivity index (χ2v) is 5.12. The Bertz CT molecular complexity index is 833. The second kappa shape index (κ2) is 8.84. The molecule has 0 spiro atoms. The Kier molecular flexibility index (Phi) is 6.54. The van der Waals surface area contributed by atoms with Crippen molar-refractivity contribution in [3.63, 3.8) is 0 Å². The van der Waals surface area contributed by atoms with Crippen molar-refractivity contribution in [2.75, 3.05) is 0 Å². The van der Waals surface area contributed by atoms with Crippen LogP contribution < -0.4 is 4.74 Å². The summed E-state index contributed by atoms with van der Waals surface area (Å²) < 4.78 is 67.8. The lowest BCUT2D eigenvalue weighted by atomic mass is 10.2. The van der Waals surface area contributed by atoms with Crippen molar-refractivity contribution < 1.29 is 31.8 Å². The van der Waals surface area contributed by atoms with Crippen molar-refractivity contribution in [3.8, 4) is 11.5 Å². The van der Waals surface area contributed by atoms with Gasteiger partial charge >= 0.3 is 0 Å². The van der Waals surface area contributed by atoms with E-state index in [0.717, 1.165) is 24.3 Å². The third-order valence-electron chi connectivity index (χ3n) is 3.02. The van der Waals surface area contributed by atoms with Crippen molar-refractivity contribution >= 4 is 0 Å². The number of hydrogen-bond acceptors (Lipinski definition) is 2. The zero-order valence-corrected chi connectivity index (χ0v) is 13.2. The molecule has 0 fully saturated rings. The van der Waals surface area contributed by atoms with E-state index in [1.54, 1.807) is 6.07 Å². The summed E-state index contributed by atoms with van der Waals surface area (Å²) in [5.41, 5.74) is 0.578. The largest absolute Gasteiger partial charge is 0.508 e. The summed E-state index contributed by atoms with van der Waals surface area (Å²) in [7, 11) is 0. The quantitative estimate of drug-likeness (QED) is 0.631. The van der Waals surface area contributed by atoms with Crippen LogP contribution in [0.4, 0.5) is 22.0 Å². The monoisotopic (exact) mass is 368 g/mol. The van der Waals surface area contributed by atoms with Gasteiger partial charge in [-0.1, -0.05) is 12.1 Å². The minimum atomic E-state index is -0.776. The fourth-order valence-corrected chi connectivity index (χ4v) is 1.92. The summed E-state index contributed by atoms with van der Waals surface area (Å²) in [6.07, 6.45) is 0. The minimum absolute atomic E-state index is 0.0281. The summed E-state index contributed by atoms with van der Waals surface area (Å²) in [5.74, 6) is -3.82. The van der Waals surface area contributed by atoms with E-state index in [1.165, 1.54) is 24.3 Å². The van der Waals surface area contributed by atoms with Crippen LogP contribution >= 0.6 is 0 Å². The van der Waals surface area contributed by atoms with Gasteiger partial charge in [0.25, 0.3) is 0 Å². The Labute approximate surface area is 146 Å². The van der Waals surface area contributed by atoms with E-state index in [4.69, 9.17) is 9.84 Å². The molecule has 26 heavy (non-hydrogen) atoms. The molecule has 3 rings (SSSR count). The van der Waals surface area contributed by atoms with E-state index in [-0.39, 0.29) is 18.2 Å². The fraction of sp³-hybridized carbons (Fsp3) is 0.0526. The second-order valence-electron chi connectivity index (χ2n) is 5.12. The maximum Gasteiger partial charge on any atom is 0.167 e. The predicted octanol–water partition coefficient (Wildman–Crippen LogP) is 5.35. The van der Waals surface area contributed by atoms with Gasteiger partial charge in [0.15, 0.2) is 11.6 Å². The van der Waals surface area contributed by atoms with Gasteiger partial charge in [0, 0.05) is 24.3 Å². The highest BCUT2D eigenvalue weighted by Crippen LogP contribution is 2.19. The van der Waals surface area contributed by atoms with Crippen molar-refractivity contribution in [2.45, 2.75) is 6.61 Å². The first-order chi connectivity index (χ1) is 12.3. The minimum Gasteiger partial charge on any atom is -0.508 e. The first-order valence-corrected chi connectivity index (χ1v) is 7.31. The lowest BCUT2D eigenvalue weighted by molar-refractivity contribution is 0.289. The molecule has 0 atom stereocenters. The molecule has 2 nitrogen and oxygen atoms in total. The maximum atomic E-state index is 13.2. The SMILES string of the molecule is Fc1cccc(COc2ccc(F)cc2F)c1.Oc1cc(F)cc(F)c1. The van der Waals surface area contributed by atoms with Gasteiger partial charge in [0.05, 0.1) is 0 Å². The number of rotatable bonds is 3. The van der Waals surface area contributed by atoms with Gasteiger partial charge in [-0.15, -0.1) is 0 Å². The lowest BCUT2D eigenvalue weighted by Gasteiger charge is -2.07. The molecule has 3 aromatic carbocycles. The molecule has 0 heterocycles. The smallest absolute Gasteiger partial charge is 0.167 e. The molecule has 0 unspecified atom stereocenters. The molecule has 1 N–H and O–H groups in total. The number of benzene rings is 3. The van der Waals surface area contributed by atoms with E-state index < -0.39 is 29.0 Å². The van der Waals surface area contributed by atoms with Crippen molar-refractivity contribution in [2.24, 2.45) is 0 Å². The molecule has 0 radical (unpaired) electrons. The van der Waals surface area contributed by atoms with Crippen LogP contribution in [0.15, 0.2) is 60.7 Å². The van der Waals surface area contributed by atoms with Crippen molar-refractivity contribution in [3.05, 3.63) is 95.3 Å². The number of phenolic OH excluding ortho intramolecular Hbond substituents is 1. The van der Waals surface area contributed by atoms with E-state index in [1.807, 2.05) is 0 Å². The molecule has 7 heteroatoms. The Morgan fingerprint density at radius 1 is 0.692 bits per heavy atom. The van der Waals surface area contributed by atoms with Crippen LogP contribution in [0.5, 0.6) is 11.5 Å². The van der Waals surface area contributed by atoms with Crippen LogP contribution in [0.1, 0.15) is 5.56 Å². The third-order valence-corrected chi connectivity index (χ3v) is 3.02. The highest BCUT2D eigenvalue weighted by Gasteiger charge is 2.05. The van der Waals surface area contributed by atoms with E-state index in [2.05, 4.69) is 0 Å². The van der Waals surface area contributed by atoms with Gasteiger partial charge in [0.2, 0.25) is 0 Å². The van der Waals surface area contributed by atoms with E-state index >= 15 is 0 Å². The molecule has 0 aliphatic heterocycles. The van der Waals surface area contributed by atoms with Gasteiger partial charge in [0.1, 0.15) is 35.6 Å². The molecule has 0 aromatic heterocycles. The lowest BCUT2D eigenvalue weighted by Crippen LogP contribution is -1.98. The first kappa shape index (κ1) is 19.2. The molecule has 3 aromatic rings. The average Bonchev–Trinajstić information content (AvgIpc) is 2.53. The molecule has 0 aliphatic rings. The molecule has 0 aliphatic carbocycles. The topological polar surface area (TPSA) is 29.5 Å². The number of hydrogen-bond donors (Lipinski definition) is 1. The molecular weight excluding hydrogens is 355 g/mol. The summed E-state index contributed by atoms with van der Waals surface area (Å²) in [5, 5.41) is 8.51. The van der Waals surface area contributed by atoms with Crippen LogP contribution in [0, 0.1) is 29.1 Å². The van der Waals surface area contributed by atoms with Crippen molar-refractivity contribution in [1.82, 2.24) is 0 Å². The number of halogens is 5. The standard InChI is InChI=1S/C13H9F3O.C6H4F2O/c14-10-3-1-2-9(6-10)8-17-13-5-4-11(15)7-12(13)16;7-4-1-5(8)3-6(9)2-4/h1-7H,8H2;1-3,9H. The van der Waals surface area contributed by atoms with Gasteiger partial charge in [-0.25, -0.2) is 22.0 Å². The van der Waals surface area contributed by atoms with Crippen LogP contribution in [0.2, 0.25) is 0 Å². The Morgan fingerprint density at radius 2 is 1.35 bits per heavy atom. The van der Waals surface area contributed by atoms with Crippen LogP contribution in [-0.2, 0) is 6.61 Å². The summed E-state index contributed by atoms with van der Waals surface area (Å²) in [6.45, 7) is 0.0281. The molecular formula is C19H13F5O2. The Morgan fingerprint density at radius 3 is 1.92 bits per heavy atom. The van der Waals surface area contributed by atoms with Gasteiger partial charge in [-0.3, -0.25) is 0 Å². The zero-order valence-electron chi connectivity index (χ0n) is 13.2. The molecule has 136 valence electrons. The van der Waals surface area contributed by atoms with E-state index in [0.29, 0.717) is 11.6 Å². The van der Waals surface area contributed by atoms with Gasteiger partial charge in [-0.2, -0.15) is 0 Å². The van der Waals surface area contributed by atoms with Crippen LogP contribution in [0.3, 0.4) is 0 Å². The summed E-state index contributed by atoms with van der Waals surface area (Å²) >= 11 is 0. The Hall–Kier alpha value is -3.09. The highest BCUT2D eigenvalue weighted by atomic mass is 19.1. The van der Waals surface area contributed by atoms with Gasteiger partial charge < -0.3 is 9.84 Å². The molecule has 0 bridgehead atoms. The third kappa shape index (κ3) is 6.08. The number of aromatic hydroxyl groups is 1. The summed E-state index contributed by atoms with van der Waals surface area (Å²) in [4.78, 5) is 0. The van der Waals surface area contributed by atoms with Crippen molar-refractivity contribution in [1.29, 1.82) is 0 Å².